The van der Waals surface area contributed by atoms with E-state index in [1.807, 2.05) is 41.2 Å². The summed E-state index contributed by atoms with van der Waals surface area (Å²) in [4.78, 5) is 0. The number of hydrogen-bond acceptors (Lipinski definition) is 2. The first-order valence-corrected chi connectivity index (χ1v) is 9.83. The molecule has 2 atom stereocenters. The van der Waals surface area contributed by atoms with Crippen molar-refractivity contribution in [3.63, 3.8) is 0 Å². The number of aromatic nitrogens is 2. The molecule has 2 aromatic carbocycles. The number of fused-ring (bicyclic) bond motifs is 2. The second kappa shape index (κ2) is 6.43. The van der Waals surface area contributed by atoms with Gasteiger partial charge in [-0.05, 0) is 67.3 Å². The van der Waals surface area contributed by atoms with Crippen molar-refractivity contribution >= 4 is 6.08 Å². The lowest BCUT2D eigenvalue weighted by Gasteiger charge is -2.39. The highest BCUT2D eigenvalue weighted by Gasteiger charge is 2.54. The van der Waals surface area contributed by atoms with Crippen LogP contribution in [0.25, 0.3) is 11.8 Å². The van der Waals surface area contributed by atoms with Crippen LogP contribution in [0.1, 0.15) is 36.6 Å². The molecule has 0 saturated heterocycles. The van der Waals surface area contributed by atoms with Crippen LogP contribution >= 0.6 is 0 Å². The van der Waals surface area contributed by atoms with Crippen molar-refractivity contribution in [2.75, 3.05) is 0 Å². The zero-order valence-corrected chi connectivity index (χ0v) is 16.2. The first-order chi connectivity index (χ1) is 14.0. The number of aliphatic hydroxyl groups is 1. The summed E-state index contributed by atoms with van der Waals surface area (Å²) in [5.74, 6) is 6.08. The number of nitrogens with zero attached hydrogens (tertiary/aromatic N) is 2. The van der Waals surface area contributed by atoms with Gasteiger partial charge in [-0.15, -0.1) is 0 Å². The fourth-order valence-corrected chi connectivity index (χ4v) is 4.54. The quantitative estimate of drug-likeness (QED) is 0.626. The Balaban J connectivity index is 1.53. The van der Waals surface area contributed by atoms with E-state index in [1.54, 1.807) is 12.1 Å². The van der Waals surface area contributed by atoms with E-state index in [-0.39, 0.29) is 5.82 Å². The number of halogens is 1. The van der Waals surface area contributed by atoms with E-state index in [1.165, 1.54) is 17.7 Å². The van der Waals surface area contributed by atoms with Crippen LogP contribution in [0.15, 0.2) is 66.4 Å². The van der Waals surface area contributed by atoms with Crippen LogP contribution in [0, 0.1) is 23.1 Å². The van der Waals surface area contributed by atoms with Gasteiger partial charge in [0.1, 0.15) is 11.4 Å². The van der Waals surface area contributed by atoms with Crippen LogP contribution in [0.4, 0.5) is 4.39 Å². The third-order valence-electron chi connectivity index (χ3n) is 6.38. The van der Waals surface area contributed by atoms with E-state index < -0.39 is 11.0 Å². The zero-order valence-electron chi connectivity index (χ0n) is 16.2. The van der Waals surface area contributed by atoms with Crippen molar-refractivity contribution < 1.29 is 9.50 Å². The Labute approximate surface area is 169 Å². The second-order valence-electron chi connectivity index (χ2n) is 8.10. The van der Waals surface area contributed by atoms with Crippen molar-refractivity contribution in [1.29, 1.82) is 0 Å². The van der Waals surface area contributed by atoms with Gasteiger partial charge in [0.15, 0.2) is 0 Å². The molecule has 1 N–H and O–H groups in total. The largest absolute Gasteiger partial charge is 0.377 e. The maximum Gasteiger partial charge on any atom is 0.135 e. The Morgan fingerprint density at radius 2 is 1.86 bits per heavy atom. The number of rotatable bonds is 1. The minimum Gasteiger partial charge on any atom is -0.377 e. The predicted octanol–water partition coefficient (Wildman–Crippen LogP) is 4.53. The maximum atomic E-state index is 13.3. The van der Waals surface area contributed by atoms with Gasteiger partial charge in [-0.25, -0.2) is 9.07 Å². The molecule has 144 valence electrons. The van der Waals surface area contributed by atoms with Crippen molar-refractivity contribution in [2.24, 2.45) is 5.41 Å². The summed E-state index contributed by atoms with van der Waals surface area (Å²) in [5.41, 5.74) is 3.47. The molecule has 0 spiro atoms. The summed E-state index contributed by atoms with van der Waals surface area (Å²) in [5, 5.41) is 16.0. The molecule has 2 aliphatic rings. The molecule has 29 heavy (non-hydrogen) atoms. The predicted molar refractivity (Wildman–Crippen MR) is 111 cm³/mol. The molecular formula is C25H21FN2O. The van der Waals surface area contributed by atoms with E-state index in [0.29, 0.717) is 12.8 Å². The monoisotopic (exact) mass is 384 g/mol. The van der Waals surface area contributed by atoms with Gasteiger partial charge in [0.2, 0.25) is 0 Å². The van der Waals surface area contributed by atoms with Crippen LogP contribution in [-0.4, -0.2) is 20.5 Å². The third kappa shape index (κ3) is 2.82. The van der Waals surface area contributed by atoms with Crippen molar-refractivity contribution in [1.82, 2.24) is 9.78 Å². The fourth-order valence-electron chi connectivity index (χ4n) is 4.54. The number of benzene rings is 2. The lowest BCUT2D eigenvalue weighted by molar-refractivity contribution is 0.0153. The smallest absolute Gasteiger partial charge is 0.135 e. The van der Waals surface area contributed by atoms with Gasteiger partial charge in [0, 0.05) is 11.0 Å². The normalized spacial score (nSPS) is 24.9. The molecule has 3 aromatic rings. The van der Waals surface area contributed by atoms with Crippen molar-refractivity contribution in [3.05, 3.63) is 89.0 Å². The topological polar surface area (TPSA) is 38.0 Å². The average molecular weight is 384 g/mol. The summed E-state index contributed by atoms with van der Waals surface area (Å²) in [7, 11) is 0. The average Bonchev–Trinajstić information content (AvgIpc) is 3.24. The van der Waals surface area contributed by atoms with Crippen LogP contribution in [0.5, 0.6) is 0 Å². The van der Waals surface area contributed by atoms with E-state index >= 15 is 0 Å². The summed E-state index contributed by atoms with van der Waals surface area (Å²) in [6.45, 7) is 2.10. The molecule has 0 bridgehead atoms. The molecule has 1 heterocycles. The highest BCUT2D eigenvalue weighted by atomic mass is 19.1. The Kier molecular flexibility index (Phi) is 3.97. The Hall–Kier alpha value is -3.16. The molecule has 2 aliphatic carbocycles. The van der Waals surface area contributed by atoms with Crippen molar-refractivity contribution in [3.8, 4) is 17.5 Å². The van der Waals surface area contributed by atoms with Crippen LogP contribution < -0.4 is 0 Å². The van der Waals surface area contributed by atoms with Crippen molar-refractivity contribution in [2.45, 2.75) is 31.8 Å². The van der Waals surface area contributed by atoms with Crippen LogP contribution in [-0.2, 0) is 6.42 Å². The first kappa shape index (κ1) is 17.9. The summed E-state index contributed by atoms with van der Waals surface area (Å²) >= 11 is 0. The first-order valence-electron chi connectivity index (χ1n) is 9.83. The molecular weight excluding hydrogens is 363 g/mol. The van der Waals surface area contributed by atoms with E-state index in [0.717, 1.165) is 28.9 Å². The minimum absolute atomic E-state index is 0.265. The lowest BCUT2D eigenvalue weighted by Crippen LogP contribution is -2.44. The molecule has 4 heteroatoms. The summed E-state index contributed by atoms with van der Waals surface area (Å²) < 4.78 is 15.1. The highest BCUT2D eigenvalue weighted by Crippen LogP contribution is 2.55. The number of hydrogen-bond donors (Lipinski definition) is 1. The zero-order chi connectivity index (χ0) is 20.1. The van der Waals surface area contributed by atoms with Crippen LogP contribution in [0.2, 0.25) is 0 Å². The van der Waals surface area contributed by atoms with Gasteiger partial charge in [-0.1, -0.05) is 42.5 Å². The van der Waals surface area contributed by atoms with Gasteiger partial charge in [-0.2, -0.15) is 5.10 Å². The molecule has 5 rings (SSSR count). The SMILES string of the molecule is CC12Cc3cnn(-c4ccc(F)cc4)c3C=C1CCC2(O)C#Cc1ccccc1. The van der Waals surface area contributed by atoms with Gasteiger partial charge < -0.3 is 5.11 Å². The van der Waals surface area contributed by atoms with Gasteiger partial charge >= 0.3 is 0 Å². The van der Waals surface area contributed by atoms with E-state index in [9.17, 15) is 9.50 Å². The standard InChI is InChI=1S/C25H21FN2O/c1-24-16-19-17-27-28(22-9-7-21(26)8-10-22)23(19)15-20(24)12-14-25(24,29)13-11-18-5-3-2-4-6-18/h2-10,15,17,29H,12,14,16H2,1H3. The van der Waals surface area contributed by atoms with E-state index in [4.69, 9.17) is 0 Å². The highest BCUT2D eigenvalue weighted by molar-refractivity contribution is 5.63. The Morgan fingerprint density at radius 1 is 1.10 bits per heavy atom. The van der Waals surface area contributed by atoms with Gasteiger partial charge in [0.25, 0.3) is 0 Å². The third-order valence-corrected chi connectivity index (χ3v) is 6.38. The molecule has 3 nitrogen and oxygen atoms in total. The molecule has 1 fully saturated rings. The minimum atomic E-state index is -1.08. The molecule has 0 aliphatic heterocycles. The second-order valence-corrected chi connectivity index (χ2v) is 8.10. The summed E-state index contributed by atoms with van der Waals surface area (Å²) in [6, 6.07) is 16.1. The Morgan fingerprint density at radius 3 is 2.62 bits per heavy atom. The molecule has 2 unspecified atom stereocenters. The van der Waals surface area contributed by atoms with E-state index in [2.05, 4.69) is 29.9 Å². The van der Waals surface area contributed by atoms with Gasteiger partial charge in [0.05, 0.1) is 17.6 Å². The summed E-state index contributed by atoms with van der Waals surface area (Å²) in [6.07, 6.45) is 6.07. The van der Waals surface area contributed by atoms with Gasteiger partial charge in [-0.3, -0.25) is 0 Å². The molecule has 0 radical (unpaired) electrons. The lowest BCUT2D eigenvalue weighted by atomic mass is 9.67. The Bertz CT molecular complexity index is 1170. The molecule has 1 aromatic heterocycles. The molecule has 0 amide bonds. The maximum absolute atomic E-state index is 13.3. The van der Waals surface area contributed by atoms with Crippen LogP contribution in [0.3, 0.4) is 0 Å². The fraction of sp³-hybridized carbons (Fsp3) is 0.240. The molecule has 1 saturated carbocycles.